The highest BCUT2D eigenvalue weighted by Gasteiger charge is 2.99. The van der Waals surface area contributed by atoms with E-state index in [1.54, 1.807) is 0 Å². The monoisotopic (exact) mass is 676 g/mol. The molecule has 26 heteroatoms. The van der Waals surface area contributed by atoms with E-state index in [2.05, 4.69) is 4.74 Å². The molecular formula is C15H5F25O. The zero-order valence-corrected chi connectivity index (χ0v) is 17.8. The van der Waals surface area contributed by atoms with Crippen LogP contribution in [-0.2, 0) is 4.74 Å². The Balaban J connectivity index is 3.81. The van der Waals surface area contributed by atoms with Crippen molar-refractivity contribution in [3.05, 3.63) is 0 Å². The molecule has 0 unspecified atom stereocenters. The molecule has 1 saturated heterocycles. The fourth-order valence-corrected chi connectivity index (χ4v) is 2.59. The summed E-state index contributed by atoms with van der Waals surface area (Å²) < 4.78 is 335. The average Bonchev–Trinajstić information content (AvgIpc) is 3.54. The molecule has 0 aromatic heterocycles. The van der Waals surface area contributed by atoms with Gasteiger partial charge in [-0.05, 0) is 0 Å². The smallest absolute Gasteiger partial charge is 0.373 e. The predicted octanol–water partition coefficient (Wildman–Crippen LogP) is 8.33. The van der Waals surface area contributed by atoms with Crippen LogP contribution < -0.4 is 0 Å². The Morgan fingerprint density at radius 1 is 0.341 bits per heavy atom. The van der Waals surface area contributed by atoms with Crippen molar-refractivity contribution < 1.29 is 114 Å². The van der Waals surface area contributed by atoms with E-state index >= 15 is 0 Å². The summed E-state index contributed by atoms with van der Waals surface area (Å²) in [5, 5.41) is 0. The number of hydrogen-bond donors (Lipinski definition) is 0. The predicted molar refractivity (Wildman–Crippen MR) is 74.8 cm³/mol. The summed E-state index contributed by atoms with van der Waals surface area (Å²) in [7, 11) is 0. The third-order valence-corrected chi connectivity index (χ3v) is 5.25. The number of ether oxygens (including phenoxy) is 1. The van der Waals surface area contributed by atoms with Gasteiger partial charge in [0.2, 0.25) is 0 Å². The van der Waals surface area contributed by atoms with Gasteiger partial charge in [0.25, 0.3) is 0 Å². The molecule has 246 valence electrons. The van der Waals surface area contributed by atoms with Crippen LogP contribution in [0.15, 0.2) is 0 Å². The molecule has 0 aromatic carbocycles. The van der Waals surface area contributed by atoms with Crippen LogP contribution in [0.4, 0.5) is 110 Å². The summed E-state index contributed by atoms with van der Waals surface area (Å²) in [5.41, 5.74) is 0. The molecule has 0 amide bonds. The molecule has 1 aliphatic heterocycles. The molecule has 0 aliphatic carbocycles. The van der Waals surface area contributed by atoms with Crippen LogP contribution in [0.5, 0.6) is 0 Å². The quantitative estimate of drug-likeness (QED) is 0.150. The minimum absolute atomic E-state index is 1.02. The highest BCUT2D eigenvalue weighted by atomic mass is 19.4. The van der Waals surface area contributed by atoms with Gasteiger partial charge in [0.15, 0.2) is 0 Å². The van der Waals surface area contributed by atoms with E-state index in [1.807, 2.05) is 0 Å². The second kappa shape index (κ2) is 9.11. The zero-order valence-electron chi connectivity index (χ0n) is 17.8. The highest BCUT2D eigenvalue weighted by Crippen LogP contribution is 2.68. The molecule has 41 heavy (non-hydrogen) atoms. The number of epoxide rings is 1. The maximum atomic E-state index is 13.6. The van der Waals surface area contributed by atoms with Crippen LogP contribution in [0.1, 0.15) is 6.42 Å². The lowest BCUT2D eigenvalue weighted by Crippen LogP contribution is -2.78. The molecule has 0 spiro atoms. The molecule has 1 aliphatic rings. The van der Waals surface area contributed by atoms with Gasteiger partial charge in [0, 0.05) is 6.42 Å². The molecule has 1 fully saturated rings. The largest absolute Gasteiger partial charge is 0.460 e. The van der Waals surface area contributed by atoms with Crippen LogP contribution in [0.3, 0.4) is 0 Å². The van der Waals surface area contributed by atoms with E-state index < -0.39 is 90.5 Å². The van der Waals surface area contributed by atoms with Crippen LogP contribution in [0.2, 0.25) is 0 Å². The minimum Gasteiger partial charge on any atom is -0.373 e. The van der Waals surface area contributed by atoms with E-state index in [1.165, 1.54) is 0 Å². The number of halogens is 25. The number of alkyl halides is 25. The van der Waals surface area contributed by atoms with E-state index in [0.717, 1.165) is 0 Å². The summed E-state index contributed by atoms with van der Waals surface area (Å²) in [4.78, 5) is 0. The summed E-state index contributed by atoms with van der Waals surface area (Å²) in [6.07, 6.45) is -13.2. The fourth-order valence-electron chi connectivity index (χ4n) is 2.59. The lowest BCUT2D eigenvalue weighted by atomic mass is 9.84. The molecule has 1 nitrogen and oxygen atoms in total. The Kier molecular flexibility index (Phi) is 8.27. The Labute approximate surface area is 206 Å². The van der Waals surface area contributed by atoms with Gasteiger partial charge < -0.3 is 4.74 Å². The van der Waals surface area contributed by atoms with Gasteiger partial charge in [-0.25, -0.2) is 0 Å². The van der Waals surface area contributed by atoms with Gasteiger partial charge in [-0.3, -0.25) is 0 Å². The second-order valence-corrected chi connectivity index (χ2v) is 8.11. The molecular weight excluding hydrogens is 671 g/mol. The van der Waals surface area contributed by atoms with Gasteiger partial charge in [-0.15, -0.1) is 0 Å². The van der Waals surface area contributed by atoms with Crippen molar-refractivity contribution in [1.82, 2.24) is 0 Å². The Morgan fingerprint density at radius 3 is 0.732 bits per heavy atom. The first-order chi connectivity index (χ1) is 17.3. The first kappa shape index (κ1) is 37.2. The summed E-state index contributed by atoms with van der Waals surface area (Å²) in [6, 6.07) is 0. The first-order valence-electron chi connectivity index (χ1n) is 9.17. The molecule has 0 aromatic rings. The van der Waals surface area contributed by atoms with Crippen molar-refractivity contribution in [1.29, 1.82) is 0 Å². The summed E-state index contributed by atoms with van der Waals surface area (Å²) >= 11 is 0. The highest BCUT2D eigenvalue weighted by molar-refractivity contribution is 5.19. The van der Waals surface area contributed by atoms with Crippen molar-refractivity contribution in [2.75, 3.05) is 6.61 Å². The average molecular weight is 676 g/mol. The first-order valence-corrected chi connectivity index (χ1v) is 9.17. The van der Waals surface area contributed by atoms with E-state index in [0.29, 0.717) is 0 Å². The molecule has 0 radical (unpaired) electrons. The normalized spacial score (nSPS) is 20.0. The fraction of sp³-hybridized carbons (Fsp3) is 1.00. The minimum atomic E-state index is -9.57. The van der Waals surface area contributed by atoms with Crippen molar-refractivity contribution in [3.63, 3.8) is 0 Å². The van der Waals surface area contributed by atoms with Crippen LogP contribution in [0, 0.1) is 0 Å². The topological polar surface area (TPSA) is 12.5 Å². The van der Waals surface area contributed by atoms with E-state index in [9.17, 15) is 110 Å². The van der Waals surface area contributed by atoms with Crippen molar-refractivity contribution in [2.24, 2.45) is 0 Å². The lowest BCUT2D eigenvalue weighted by Gasteiger charge is -2.45. The van der Waals surface area contributed by atoms with Crippen molar-refractivity contribution in [3.8, 4) is 0 Å². The molecule has 1 rings (SSSR count). The molecule has 0 saturated carbocycles. The Morgan fingerprint density at radius 2 is 0.537 bits per heavy atom. The van der Waals surface area contributed by atoms with Gasteiger partial charge >= 0.3 is 71.3 Å². The van der Waals surface area contributed by atoms with Gasteiger partial charge in [-0.2, -0.15) is 110 Å². The standard InChI is InChI=1S/C15H5F25O/c16-4(17,1-3-2-41-3)5(18,19)6(20,21)7(22,23)8(24,25)9(26,27)10(28,29)11(30,31)12(32,33)13(34,35)14(36,37)15(38,39)40/h3H,1-2H2/t3-/m1/s1. The van der Waals surface area contributed by atoms with Crippen LogP contribution >= 0.6 is 0 Å². The third kappa shape index (κ3) is 4.53. The SMILES string of the molecule is FC(F)(F)C(F)(F)C(F)(F)C(F)(F)C(F)(F)C(F)(F)C(F)(F)C(F)(F)C(F)(F)C(F)(F)C(F)(F)C(F)(F)C[C@@H]1CO1. The number of rotatable bonds is 12. The van der Waals surface area contributed by atoms with Crippen LogP contribution in [0.25, 0.3) is 0 Å². The molecule has 1 atom stereocenters. The van der Waals surface area contributed by atoms with Gasteiger partial charge in [0.05, 0.1) is 12.7 Å². The molecule has 0 bridgehead atoms. The molecule has 1 heterocycles. The maximum absolute atomic E-state index is 13.6. The zero-order chi connectivity index (χ0) is 33.7. The Bertz CT molecular complexity index is 968. The summed E-state index contributed by atoms with van der Waals surface area (Å²) in [6.45, 7) is -1.02. The van der Waals surface area contributed by atoms with E-state index in [4.69, 9.17) is 0 Å². The number of hydrogen-bond acceptors (Lipinski definition) is 1. The second-order valence-electron chi connectivity index (χ2n) is 8.11. The lowest BCUT2D eigenvalue weighted by molar-refractivity contribution is -0.482. The van der Waals surface area contributed by atoms with E-state index in [-0.39, 0.29) is 0 Å². The van der Waals surface area contributed by atoms with Crippen molar-refractivity contribution in [2.45, 2.75) is 83.8 Å². The summed E-state index contributed by atoms with van der Waals surface area (Å²) in [5.74, 6) is -97.8. The van der Waals surface area contributed by atoms with Crippen molar-refractivity contribution >= 4 is 0 Å². The molecule has 0 N–H and O–H groups in total. The Hall–Kier alpha value is -1.79. The maximum Gasteiger partial charge on any atom is 0.460 e. The van der Waals surface area contributed by atoms with Gasteiger partial charge in [-0.1, -0.05) is 0 Å². The van der Waals surface area contributed by atoms with Crippen LogP contribution in [-0.4, -0.2) is 84.0 Å². The van der Waals surface area contributed by atoms with Gasteiger partial charge in [0.1, 0.15) is 0 Å². The third-order valence-electron chi connectivity index (χ3n) is 5.25.